The van der Waals surface area contributed by atoms with Crippen molar-refractivity contribution in [1.82, 2.24) is 0 Å². The molecule has 124 valence electrons. The molecule has 0 aromatic heterocycles. The highest BCUT2D eigenvalue weighted by atomic mass is 16.5. The lowest BCUT2D eigenvalue weighted by atomic mass is 9.72. The molecule has 1 saturated carbocycles. The second kappa shape index (κ2) is 6.52. The van der Waals surface area contributed by atoms with E-state index in [0.717, 1.165) is 17.2 Å². The van der Waals surface area contributed by atoms with Crippen molar-refractivity contribution < 1.29 is 9.84 Å². The molecule has 2 N–H and O–H groups in total. The topological polar surface area (TPSA) is 33.0 Å². The summed E-state index contributed by atoms with van der Waals surface area (Å²) in [5.41, 5.74) is 1.39. The van der Waals surface area contributed by atoms with Gasteiger partial charge in [0.05, 0.1) is 6.61 Å². The smallest absolute Gasteiger partial charge is 0.255 e. The van der Waals surface area contributed by atoms with Gasteiger partial charge in [0.1, 0.15) is 0 Å². The molecule has 0 radical (unpaired) electrons. The van der Waals surface area contributed by atoms with E-state index in [1.54, 1.807) is 0 Å². The summed E-state index contributed by atoms with van der Waals surface area (Å²) < 4.78 is 4.98. The van der Waals surface area contributed by atoms with Crippen LogP contribution in [0.3, 0.4) is 0 Å². The van der Waals surface area contributed by atoms with E-state index >= 15 is 0 Å². The molecular weight excluding hydrogens is 284 g/mol. The van der Waals surface area contributed by atoms with Crippen LogP contribution in [0.2, 0.25) is 0 Å². The predicted molar refractivity (Wildman–Crippen MR) is 96.7 cm³/mol. The molecule has 2 nitrogen and oxygen atoms in total. The molecular formula is C21H29O2+. The van der Waals surface area contributed by atoms with Crippen molar-refractivity contribution in [3.63, 3.8) is 0 Å². The Hall–Kier alpha value is -1.54. The Morgan fingerprint density at radius 1 is 0.957 bits per heavy atom. The van der Waals surface area contributed by atoms with E-state index in [9.17, 15) is 5.11 Å². The van der Waals surface area contributed by atoms with Crippen molar-refractivity contribution >= 4 is 10.8 Å². The van der Waals surface area contributed by atoms with Crippen LogP contribution in [-0.4, -0.2) is 15.9 Å². The summed E-state index contributed by atoms with van der Waals surface area (Å²) in [6.07, 6.45) is 5.49. The molecule has 0 unspecified atom stereocenters. The third kappa shape index (κ3) is 3.87. The first-order valence-electron chi connectivity index (χ1n) is 8.80. The fourth-order valence-corrected chi connectivity index (χ4v) is 3.74. The van der Waals surface area contributed by atoms with Crippen LogP contribution in [0, 0.1) is 11.3 Å². The van der Waals surface area contributed by atoms with E-state index in [4.69, 9.17) is 4.74 Å². The minimum atomic E-state index is 0.0963. The van der Waals surface area contributed by atoms with Crippen LogP contribution < -0.4 is 0 Å². The van der Waals surface area contributed by atoms with Gasteiger partial charge in [-0.1, -0.05) is 32.9 Å². The van der Waals surface area contributed by atoms with Gasteiger partial charge in [-0.05, 0) is 52.6 Å². The highest BCUT2D eigenvalue weighted by Crippen LogP contribution is 2.39. The number of ether oxygens (including phenoxy) is 1. The molecule has 3 rings (SSSR count). The van der Waals surface area contributed by atoms with Crippen LogP contribution in [-0.2, 0) is 6.61 Å². The summed E-state index contributed by atoms with van der Waals surface area (Å²) in [6.45, 7) is 7.18. The largest absolute Gasteiger partial charge is 0.581 e. The second-order valence-corrected chi connectivity index (χ2v) is 8.02. The number of hydrogen-bond donors (Lipinski definition) is 1. The van der Waals surface area contributed by atoms with Crippen LogP contribution in [0.4, 0.5) is 0 Å². The summed E-state index contributed by atoms with van der Waals surface area (Å²) >= 11 is 0. The number of hydrogen-bond acceptors (Lipinski definition) is 1. The first kappa shape index (κ1) is 16.3. The molecule has 2 aromatic rings. The number of rotatable bonds is 3. The van der Waals surface area contributed by atoms with Crippen LogP contribution in [0.5, 0.6) is 5.75 Å². The van der Waals surface area contributed by atoms with Gasteiger partial charge in [-0.15, -0.1) is 0 Å². The van der Waals surface area contributed by atoms with E-state index in [1.165, 1.54) is 36.5 Å². The Balaban J connectivity index is 1.66. The standard InChI is InChI=1S/C21H28O2/c1-21(2,3)18-7-10-19(11-8-18)23-20-9-6-16-12-15(14-22)4-5-17(16)13-20/h4-6,9,12-13,18-19,22H,7-8,10-11,14H2,1-3H3/p+1. The van der Waals surface area contributed by atoms with Crippen LogP contribution in [0.1, 0.15) is 52.0 Å². The molecule has 2 aromatic carbocycles. The van der Waals surface area contributed by atoms with Gasteiger partial charge in [0.2, 0.25) is 0 Å². The summed E-state index contributed by atoms with van der Waals surface area (Å²) in [5, 5.41) is 11.6. The number of fused-ring (bicyclic) bond motifs is 1. The number of benzene rings is 2. The fourth-order valence-electron chi connectivity index (χ4n) is 3.74. The van der Waals surface area contributed by atoms with Gasteiger partial charge in [0.15, 0.2) is 6.10 Å². The van der Waals surface area contributed by atoms with Gasteiger partial charge in [0, 0.05) is 25.0 Å². The SMILES string of the molecule is CC(C)(C)C1CCC([OH+]c2ccc3cc(CO)ccc3c2)CC1. The van der Waals surface area contributed by atoms with Gasteiger partial charge in [-0.2, -0.15) is 0 Å². The molecule has 0 amide bonds. The molecule has 1 fully saturated rings. The highest BCUT2D eigenvalue weighted by Gasteiger charge is 2.32. The molecule has 0 spiro atoms. The first-order chi connectivity index (χ1) is 11.0. The molecule has 0 saturated heterocycles. The summed E-state index contributed by atoms with van der Waals surface area (Å²) in [6, 6.07) is 12.5. The van der Waals surface area contributed by atoms with Gasteiger partial charge < -0.3 is 9.84 Å². The zero-order chi connectivity index (χ0) is 16.4. The van der Waals surface area contributed by atoms with Crippen LogP contribution in [0.15, 0.2) is 36.4 Å². The number of aliphatic hydroxyl groups is 2. The zero-order valence-corrected chi connectivity index (χ0v) is 14.5. The quantitative estimate of drug-likeness (QED) is 0.778. The molecule has 1 aliphatic carbocycles. The second-order valence-electron chi connectivity index (χ2n) is 8.02. The maximum atomic E-state index is 9.23. The first-order valence-corrected chi connectivity index (χ1v) is 8.80. The average Bonchev–Trinajstić information content (AvgIpc) is 2.54. The van der Waals surface area contributed by atoms with Crippen LogP contribution in [0.25, 0.3) is 10.8 Å². The van der Waals surface area contributed by atoms with Crippen molar-refractivity contribution in [3.8, 4) is 5.75 Å². The van der Waals surface area contributed by atoms with Crippen LogP contribution >= 0.6 is 0 Å². The van der Waals surface area contributed by atoms with Crippen molar-refractivity contribution in [1.29, 1.82) is 0 Å². The highest BCUT2D eigenvalue weighted by molar-refractivity contribution is 5.84. The molecule has 0 bridgehead atoms. The third-order valence-electron chi connectivity index (χ3n) is 5.32. The lowest BCUT2D eigenvalue weighted by Gasteiger charge is -2.35. The minimum absolute atomic E-state index is 0.0963. The molecule has 0 heterocycles. The Morgan fingerprint density at radius 3 is 2.26 bits per heavy atom. The van der Waals surface area contributed by atoms with E-state index in [2.05, 4.69) is 45.0 Å². The van der Waals surface area contributed by atoms with Crippen molar-refractivity contribution in [3.05, 3.63) is 42.0 Å². The van der Waals surface area contributed by atoms with E-state index in [0.29, 0.717) is 11.5 Å². The van der Waals surface area contributed by atoms with Crippen molar-refractivity contribution in [2.75, 3.05) is 0 Å². The zero-order valence-electron chi connectivity index (χ0n) is 14.5. The maximum Gasteiger partial charge on any atom is 0.255 e. The summed E-state index contributed by atoms with van der Waals surface area (Å²) in [7, 11) is 0. The lowest BCUT2D eigenvalue weighted by Crippen LogP contribution is -2.29. The van der Waals surface area contributed by atoms with E-state index in [1.807, 2.05) is 12.1 Å². The van der Waals surface area contributed by atoms with E-state index < -0.39 is 0 Å². The molecule has 2 heteroatoms. The van der Waals surface area contributed by atoms with Gasteiger partial charge in [0.25, 0.3) is 5.75 Å². The Labute approximate surface area is 139 Å². The minimum Gasteiger partial charge on any atom is -0.581 e. The maximum absolute atomic E-state index is 9.23. The fraction of sp³-hybridized carbons (Fsp3) is 0.524. The Morgan fingerprint density at radius 2 is 1.61 bits per heavy atom. The summed E-state index contributed by atoms with van der Waals surface area (Å²) in [5.74, 6) is 1.93. The Kier molecular flexibility index (Phi) is 4.63. The predicted octanol–water partition coefficient (Wildman–Crippen LogP) is 5.18. The molecule has 23 heavy (non-hydrogen) atoms. The molecule has 0 aliphatic heterocycles. The van der Waals surface area contributed by atoms with E-state index in [-0.39, 0.29) is 6.61 Å². The lowest BCUT2D eigenvalue weighted by molar-refractivity contribution is -0.0514. The summed E-state index contributed by atoms with van der Waals surface area (Å²) in [4.78, 5) is 0. The number of aliphatic hydroxyl groups excluding tert-OH is 1. The van der Waals surface area contributed by atoms with Crippen molar-refractivity contribution in [2.45, 2.75) is 59.2 Å². The molecule has 0 atom stereocenters. The monoisotopic (exact) mass is 313 g/mol. The number of aromatic hydroxyl groups is 1. The van der Waals surface area contributed by atoms with Crippen molar-refractivity contribution in [2.24, 2.45) is 11.3 Å². The third-order valence-corrected chi connectivity index (χ3v) is 5.32. The average molecular weight is 313 g/mol. The van der Waals surface area contributed by atoms with Gasteiger partial charge >= 0.3 is 0 Å². The Bertz CT molecular complexity index is 661. The van der Waals surface area contributed by atoms with Gasteiger partial charge in [-0.25, -0.2) is 0 Å². The normalized spacial score (nSPS) is 22.3. The molecule has 1 aliphatic rings. The van der Waals surface area contributed by atoms with Gasteiger partial charge in [-0.3, -0.25) is 0 Å².